The first-order valence-corrected chi connectivity index (χ1v) is 9.50. The maximum atomic E-state index is 14.3. The zero-order valence-electron chi connectivity index (χ0n) is 17.2. The van der Waals surface area contributed by atoms with Crippen LogP contribution in [0.25, 0.3) is 28.9 Å². The smallest absolute Gasteiger partial charge is 0.362 e. The summed E-state index contributed by atoms with van der Waals surface area (Å²) < 4.78 is 69.9. The Balaban J connectivity index is 1.89. The maximum Gasteiger partial charge on any atom is 0.431 e. The lowest BCUT2D eigenvalue weighted by molar-refractivity contribution is -0.111. The van der Waals surface area contributed by atoms with Crippen LogP contribution in [0.1, 0.15) is 29.9 Å². The molecule has 0 radical (unpaired) electrons. The molecule has 1 aliphatic heterocycles. The number of aryl methyl sites for hydroxylation is 1. The third-order valence-corrected chi connectivity index (χ3v) is 5.60. The highest BCUT2D eigenvalue weighted by atomic mass is 19.4. The molecule has 1 atom stereocenters. The highest BCUT2D eigenvalue weighted by Crippen LogP contribution is 2.41. The summed E-state index contributed by atoms with van der Waals surface area (Å²) in [5.74, 6) is -0.883. The highest BCUT2D eigenvalue weighted by Gasteiger charge is 2.42. The predicted molar refractivity (Wildman–Crippen MR) is 107 cm³/mol. The minimum atomic E-state index is -4.51. The van der Waals surface area contributed by atoms with Crippen LogP contribution in [0.2, 0.25) is 0 Å². The highest BCUT2D eigenvalue weighted by molar-refractivity contribution is 5.68. The van der Waals surface area contributed by atoms with Crippen molar-refractivity contribution in [3.63, 3.8) is 0 Å². The SMILES string of the molecule is Cc1ccc(-c2cc(F)ccc2F)nc1-c1nc2c(n1C)C(C)N(C)C(C(F)(F)F)=C2. The molecule has 0 saturated heterocycles. The largest absolute Gasteiger partial charge is 0.431 e. The first-order chi connectivity index (χ1) is 14.5. The molecule has 1 unspecified atom stereocenters. The molecule has 0 fully saturated rings. The minimum absolute atomic E-state index is 0.00687. The predicted octanol–water partition coefficient (Wildman–Crippen LogP) is 5.65. The van der Waals surface area contributed by atoms with Gasteiger partial charge in [0.1, 0.15) is 23.0 Å². The summed E-state index contributed by atoms with van der Waals surface area (Å²) in [6.07, 6.45) is -3.49. The molecule has 0 N–H and O–H groups in total. The number of aromatic nitrogens is 3. The summed E-state index contributed by atoms with van der Waals surface area (Å²) in [4.78, 5) is 10.1. The number of imidazole rings is 1. The van der Waals surface area contributed by atoms with Gasteiger partial charge < -0.3 is 9.47 Å². The summed E-state index contributed by atoms with van der Waals surface area (Å²) in [5.41, 5.74) is 1.31. The van der Waals surface area contributed by atoms with E-state index in [9.17, 15) is 22.0 Å². The van der Waals surface area contributed by atoms with Gasteiger partial charge in [0.05, 0.1) is 23.1 Å². The minimum Gasteiger partial charge on any atom is -0.362 e. The van der Waals surface area contributed by atoms with Gasteiger partial charge in [0.15, 0.2) is 5.82 Å². The monoisotopic (exact) mass is 434 g/mol. The fraction of sp³-hybridized carbons (Fsp3) is 0.273. The second-order valence-corrected chi connectivity index (χ2v) is 7.57. The maximum absolute atomic E-state index is 14.3. The van der Waals surface area contributed by atoms with E-state index in [0.717, 1.165) is 29.2 Å². The van der Waals surface area contributed by atoms with Crippen LogP contribution in [0, 0.1) is 18.6 Å². The number of alkyl halides is 3. The van der Waals surface area contributed by atoms with E-state index in [4.69, 9.17) is 0 Å². The molecule has 162 valence electrons. The summed E-state index contributed by atoms with van der Waals surface area (Å²) in [6, 6.07) is 5.78. The van der Waals surface area contributed by atoms with Crippen molar-refractivity contribution in [2.45, 2.75) is 26.1 Å². The van der Waals surface area contributed by atoms with Crippen molar-refractivity contribution in [3.05, 3.63) is 64.6 Å². The van der Waals surface area contributed by atoms with E-state index in [0.29, 0.717) is 22.8 Å². The van der Waals surface area contributed by atoms with E-state index in [2.05, 4.69) is 9.97 Å². The second-order valence-electron chi connectivity index (χ2n) is 7.57. The third kappa shape index (κ3) is 3.47. The van der Waals surface area contributed by atoms with Crippen LogP contribution in [-0.2, 0) is 7.05 Å². The van der Waals surface area contributed by atoms with E-state index in [1.165, 1.54) is 7.05 Å². The molecule has 3 aromatic rings. The van der Waals surface area contributed by atoms with Crippen LogP contribution in [0.15, 0.2) is 36.0 Å². The van der Waals surface area contributed by atoms with E-state index in [1.54, 1.807) is 37.6 Å². The normalized spacial score (nSPS) is 16.4. The molecule has 0 saturated carbocycles. The standard InChI is InChI=1S/C22H19F5N4/c1-11-5-8-16(14-9-13(23)6-7-15(14)24)28-19(11)21-29-17-10-18(22(25,26)27)30(3)12(2)20(17)31(21)4/h5-10,12H,1-4H3. The van der Waals surface area contributed by atoms with Gasteiger partial charge in [0, 0.05) is 19.7 Å². The molecule has 0 bridgehead atoms. The van der Waals surface area contributed by atoms with E-state index in [-0.39, 0.29) is 17.0 Å². The van der Waals surface area contributed by atoms with Crippen LogP contribution in [0.4, 0.5) is 22.0 Å². The fourth-order valence-corrected chi connectivity index (χ4v) is 3.85. The molecule has 2 aromatic heterocycles. The van der Waals surface area contributed by atoms with Gasteiger partial charge in [0.2, 0.25) is 0 Å². The van der Waals surface area contributed by atoms with Gasteiger partial charge in [-0.2, -0.15) is 13.2 Å². The van der Waals surface area contributed by atoms with E-state index < -0.39 is 29.5 Å². The first-order valence-electron chi connectivity index (χ1n) is 9.50. The number of hydrogen-bond donors (Lipinski definition) is 0. The molecule has 0 aliphatic carbocycles. The van der Waals surface area contributed by atoms with Crippen LogP contribution >= 0.6 is 0 Å². The van der Waals surface area contributed by atoms with Gasteiger partial charge >= 0.3 is 6.18 Å². The molecular formula is C22H19F5N4. The summed E-state index contributed by atoms with van der Waals surface area (Å²) in [7, 11) is 3.09. The van der Waals surface area contributed by atoms with Crippen molar-refractivity contribution in [1.82, 2.24) is 19.4 Å². The Morgan fingerprint density at radius 1 is 1.00 bits per heavy atom. The molecule has 31 heavy (non-hydrogen) atoms. The third-order valence-electron chi connectivity index (χ3n) is 5.60. The zero-order valence-corrected chi connectivity index (χ0v) is 17.2. The van der Waals surface area contributed by atoms with Gasteiger partial charge in [-0.25, -0.2) is 18.7 Å². The van der Waals surface area contributed by atoms with Gasteiger partial charge in [-0.3, -0.25) is 0 Å². The fourth-order valence-electron chi connectivity index (χ4n) is 3.85. The Morgan fingerprint density at radius 3 is 2.39 bits per heavy atom. The van der Waals surface area contributed by atoms with Gasteiger partial charge in [-0.1, -0.05) is 6.07 Å². The van der Waals surface area contributed by atoms with Gasteiger partial charge in [-0.05, 0) is 49.8 Å². The average Bonchev–Trinajstić information content (AvgIpc) is 3.02. The van der Waals surface area contributed by atoms with Crippen LogP contribution in [0.3, 0.4) is 0 Å². The first kappa shape index (κ1) is 21.0. The van der Waals surface area contributed by atoms with E-state index in [1.807, 2.05) is 0 Å². The van der Waals surface area contributed by atoms with Crippen molar-refractivity contribution in [3.8, 4) is 22.8 Å². The molecule has 4 rings (SSSR count). The number of nitrogens with zero attached hydrogens (tertiary/aromatic N) is 4. The number of fused-ring (bicyclic) bond motifs is 1. The van der Waals surface area contributed by atoms with E-state index >= 15 is 0 Å². The Morgan fingerprint density at radius 2 is 1.71 bits per heavy atom. The summed E-state index contributed by atoms with van der Waals surface area (Å²) in [5, 5.41) is 0. The molecule has 9 heteroatoms. The average molecular weight is 434 g/mol. The number of pyridine rings is 1. The van der Waals surface area contributed by atoms with Gasteiger partial charge in [0.25, 0.3) is 0 Å². The van der Waals surface area contributed by atoms with Crippen LogP contribution in [-0.4, -0.2) is 32.7 Å². The quantitative estimate of drug-likeness (QED) is 0.489. The summed E-state index contributed by atoms with van der Waals surface area (Å²) in [6.45, 7) is 3.44. The second kappa shape index (κ2) is 7.18. The Bertz CT molecular complexity index is 1210. The molecule has 1 aromatic carbocycles. The lowest BCUT2D eigenvalue weighted by Crippen LogP contribution is -2.34. The lowest BCUT2D eigenvalue weighted by atomic mass is 10.1. The number of benzene rings is 1. The van der Waals surface area contributed by atoms with Crippen molar-refractivity contribution < 1.29 is 22.0 Å². The Labute approximate surface area is 175 Å². The van der Waals surface area contributed by atoms with Gasteiger partial charge in [-0.15, -0.1) is 0 Å². The van der Waals surface area contributed by atoms with Crippen molar-refractivity contribution in [2.75, 3.05) is 7.05 Å². The van der Waals surface area contributed by atoms with Crippen LogP contribution in [0.5, 0.6) is 0 Å². The number of allylic oxidation sites excluding steroid dienone is 1. The molecular weight excluding hydrogens is 415 g/mol. The summed E-state index contributed by atoms with van der Waals surface area (Å²) >= 11 is 0. The Hall–Kier alpha value is -3.23. The molecule has 4 nitrogen and oxygen atoms in total. The molecule has 0 amide bonds. The topological polar surface area (TPSA) is 34.0 Å². The van der Waals surface area contributed by atoms with Crippen LogP contribution < -0.4 is 0 Å². The van der Waals surface area contributed by atoms with Crippen molar-refractivity contribution in [2.24, 2.45) is 7.05 Å². The number of rotatable bonds is 2. The number of halogens is 5. The lowest BCUT2D eigenvalue weighted by Gasteiger charge is -2.34. The molecule has 0 spiro atoms. The van der Waals surface area contributed by atoms with Crippen molar-refractivity contribution in [1.29, 1.82) is 0 Å². The Kier molecular flexibility index (Phi) is 4.87. The van der Waals surface area contributed by atoms with Crippen molar-refractivity contribution >= 4 is 6.08 Å². The number of hydrogen-bond acceptors (Lipinski definition) is 3. The zero-order chi connectivity index (χ0) is 22.7. The molecule has 3 heterocycles. The molecule has 1 aliphatic rings.